The molecular formula is C21H21FN4O. The molecule has 3 aromatic rings. The summed E-state index contributed by atoms with van der Waals surface area (Å²) in [6.07, 6.45) is 7.89. The molecule has 3 heterocycles. The van der Waals surface area contributed by atoms with Crippen molar-refractivity contribution in [2.24, 2.45) is 5.92 Å². The topological polar surface area (TPSA) is 74.2 Å². The lowest BCUT2D eigenvalue weighted by atomic mass is 9.66. The number of aromatic nitrogens is 3. The minimum absolute atomic E-state index is 0.336. The number of rotatable bonds is 4. The molecule has 1 saturated carbocycles. The number of pyridine rings is 2. The Labute approximate surface area is 157 Å². The van der Waals surface area contributed by atoms with Crippen LogP contribution in [-0.2, 0) is 0 Å². The molecule has 0 bridgehead atoms. The van der Waals surface area contributed by atoms with Crippen molar-refractivity contribution < 1.29 is 9.50 Å². The van der Waals surface area contributed by atoms with Crippen molar-refractivity contribution in [1.82, 2.24) is 14.6 Å². The van der Waals surface area contributed by atoms with E-state index >= 15 is 0 Å². The van der Waals surface area contributed by atoms with E-state index in [1.165, 1.54) is 12.3 Å². The molecule has 27 heavy (non-hydrogen) atoms. The van der Waals surface area contributed by atoms with E-state index in [9.17, 15) is 14.8 Å². The van der Waals surface area contributed by atoms with E-state index in [0.717, 1.165) is 36.0 Å². The predicted octanol–water partition coefficient (Wildman–Crippen LogP) is 4.06. The van der Waals surface area contributed by atoms with E-state index in [-0.39, 0.29) is 0 Å². The normalized spacial score (nSPS) is 19.7. The zero-order chi connectivity index (χ0) is 19.2. The van der Waals surface area contributed by atoms with E-state index in [1.807, 2.05) is 20.0 Å². The summed E-state index contributed by atoms with van der Waals surface area (Å²) in [6.45, 7) is 3.68. The third-order valence-corrected chi connectivity index (χ3v) is 5.40. The molecule has 1 aliphatic carbocycles. The summed E-state index contributed by atoms with van der Waals surface area (Å²) in [4.78, 5) is 3.76. The second-order valence-electron chi connectivity index (χ2n) is 7.98. The Kier molecular flexibility index (Phi) is 4.20. The highest BCUT2D eigenvalue weighted by molar-refractivity contribution is 5.84. The number of nitriles is 1. The minimum atomic E-state index is -0.698. The molecule has 3 aromatic heterocycles. The summed E-state index contributed by atoms with van der Waals surface area (Å²) in [5, 5.41) is 24.0. The van der Waals surface area contributed by atoms with Gasteiger partial charge in [-0.05, 0) is 68.7 Å². The van der Waals surface area contributed by atoms with Crippen LogP contribution in [0.15, 0.2) is 36.8 Å². The molecular weight excluding hydrogens is 343 g/mol. The van der Waals surface area contributed by atoms with Gasteiger partial charge in [0.2, 0.25) is 5.95 Å². The highest BCUT2D eigenvalue weighted by atomic mass is 19.1. The van der Waals surface area contributed by atoms with Crippen LogP contribution in [0.4, 0.5) is 4.39 Å². The van der Waals surface area contributed by atoms with Gasteiger partial charge in [-0.15, -0.1) is 0 Å². The van der Waals surface area contributed by atoms with Crippen LogP contribution in [0.25, 0.3) is 16.6 Å². The van der Waals surface area contributed by atoms with Gasteiger partial charge in [-0.2, -0.15) is 14.8 Å². The Morgan fingerprint density at radius 2 is 2.15 bits per heavy atom. The number of hydrogen-bond acceptors (Lipinski definition) is 4. The minimum Gasteiger partial charge on any atom is -0.390 e. The molecule has 138 valence electrons. The first-order chi connectivity index (χ1) is 12.9. The molecule has 0 amide bonds. The molecule has 2 unspecified atom stereocenters. The van der Waals surface area contributed by atoms with E-state index in [2.05, 4.69) is 22.2 Å². The van der Waals surface area contributed by atoms with Crippen LogP contribution in [0.2, 0.25) is 0 Å². The van der Waals surface area contributed by atoms with Crippen molar-refractivity contribution in [2.75, 3.05) is 0 Å². The third kappa shape index (κ3) is 3.31. The fourth-order valence-corrected chi connectivity index (χ4v) is 4.08. The second-order valence-corrected chi connectivity index (χ2v) is 7.98. The lowest BCUT2D eigenvalue weighted by Gasteiger charge is -2.40. The molecule has 0 radical (unpaired) electrons. The second kappa shape index (κ2) is 6.43. The van der Waals surface area contributed by atoms with Crippen molar-refractivity contribution in [3.05, 3.63) is 53.9 Å². The van der Waals surface area contributed by atoms with Gasteiger partial charge in [-0.3, -0.25) is 0 Å². The molecule has 1 aliphatic rings. The van der Waals surface area contributed by atoms with Crippen LogP contribution in [0.3, 0.4) is 0 Å². The van der Waals surface area contributed by atoms with Gasteiger partial charge in [0, 0.05) is 23.5 Å². The maximum atomic E-state index is 13.3. The van der Waals surface area contributed by atoms with Gasteiger partial charge < -0.3 is 5.11 Å². The number of fused-ring (bicyclic) bond motifs is 1. The standard InChI is InChI=1S/C21H21FN4O/c1-21(2,27)8-13-3-5-17(13)15-7-18(14-4-6-19(22)24-10-14)20-16(9-23)11-25-26(20)12-15/h4,6-7,10-13,17,27H,3,5,8H2,1-2H3. The zero-order valence-corrected chi connectivity index (χ0v) is 15.4. The Bertz CT molecular complexity index is 1030. The van der Waals surface area contributed by atoms with Crippen molar-refractivity contribution in [1.29, 1.82) is 5.26 Å². The fourth-order valence-electron chi connectivity index (χ4n) is 4.08. The van der Waals surface area contributed by atoms with E-state index in [0.29, 0.717) is 22.9 Å². The molecule has 1 fully saturated rings. The van der Waals surface area contributed by atoms with Gasteiger partial charge in [-0.25, -0.2) is 9.50 Å². The largest absolute Gasteiger partial charge is 0.390 e. The van der Waals surface area contributed by atoms with Gasteiger partial charge in [0.25, 0.3) is 0 Å². The first kappa shape index (κ1) is 17.6. The van der Waals surface area contributed by atoms with Gasteiger partial charge in [0.1, 0.15) is 6.07 Å². The van der Waals surface area contributed by atoms with E-state index < -0.39 is 11.5 Å². The summed E-state index contributed by atoms with van der Waals surface area (Å²) >= 11 is 0. The first-order valence-electron chi connectivity index (χ1n) is 9.11. The maximum Gasteiger partial charge on any atom is 0.212 e. The van der Waals surface area contributed by atoms with Crippen LogP contribution in [0.5, 0.6) is 0 Å². The average Bonchev–Trinajstić information content (AvgIpc) is 3.01. The Morgan fingerprint density at radius 1 is 1.33 bits per heavy atom. The quantitative estimate of drug-likeness (QED) is 0.709. The van der Waals surface area contributed by atoms with Crippen LogP contribution < -0.4 is 0 Å². The predicted molar refractivity (Wildman–Crippen MR) is 99.5 cm³/mol. The highest BCUT2D eigenvalue weighted by Gasteiger charge is 2.36. The summed E-state index contributed by atoms with van der Waals surface area (Å²) in [5.74, 6) is 0.208. The maximum absolute atomic E-state index is 13.3. The van der Waals surface area contributed by atoms with Crippen LogP contribution in [0.1, 0.15) is 50.2 Å². The average molecular weight is 364 g/mol. The van der Waals surface area contributed by atoms with Gasteiger partial charge in [0.05, 0.1) is 22.9 Å². The Morgan fingerprint density at radius 3 is 2.74 bits per heavy atom. The highest BCUT2D eigenvalue weighted by Crippen LogP contribution is 2.47. The third-order valence-electron chi connectivity index (χ3n) is 5.40. The molecule has 0 aliphatic heterocycles. The lowest BCUT2D eigenvalue weighted by molar-refractivity contribution is 0.0295. The van der Waals surface area contributed by atoms with Crippen molar-refractivity contribution >= 4 is 5.52 Å². The first-order valence-corrected chi connectivity index (χ1v) is 9.11. The van der Waals surface area contributed by atoms with Gasteiger partial charge in [-0.1, -0.05) is 0 Å². The number of hydrogen-bond donors (Lipinski definition) is 1. The smallest absolute Gasteiger partial charge is 0.212 e. The van der Waals surface area contributed by atoms with Crippen molar-refractivity contribution in [2.45, 2.75) is 44.6 Å². The van der Waals surface area contributed by atoms with E-state index in [4.69, 9.17) is 0 Å². The van der Waals surface area contributed by atoms with Crippen LogP contribution in [-0.4, -0.2) is 25.3 Å². The molecule has 6 heteroatoms. The molecule has 1 N–H and O–H groups in total. The zero-order valence-electron chi connectivity index (χ0n) is 15.4. The number of nitrogens with zero attached hydrogens (tertiary/aromatic N) is 4. The van der Waals surface area contributed by atoms with Crippen molar-refractivity contribution in [3.8, 4) is 17.2 Å². The number of aliphatic hydroxyl groups is 1. The van der Waals surface area contributed by atoms with Crippen molar-refractivity contribution in [3.63, 3.8) is 0 Å². The molecule has 2 atom stereocenters. The molecule has 0 saturated heterocycles. The SMILES string of the molecule is CC(C)(O)CC1CCC1c1cc(-c2ccc(F)nc2)c2c(C#N)cnn2c1. The molecule has 0 aromatic carbocycles. The monoisotopic (exact) mass is 364 g/mol. The summed E-state index contributed by atoms with van der Waals surface area (Å²) in [5.41, 5.74) is 3.17. The molecule has 0 spiro atoms. The van der Waals surface area contributed by atoms with Gasteiger partial charge in [0.15, 0.2) is 0 Å². The van der Waals surface area contributed by atoms with Crippen LogP contribution >= 0.6 is 0 Å². The van der Waals surface area contributed by atoms with Crippen LogP contribution in [0, 0.1) is 23.2 Å². The Balaban J connectivity index is 1.82. The summed E-state index contributed by atoms with van der Waals surface area (Å²) in [6, 6.07) is 7.23. The Hall–Kier alpha value is -2.78. The van der Waals surface area contributed by atoms with E-state index in [1.54, 1.807) is 16.8 Å². The summed E-state index contributed by atoms with van der Waals surface area (Å²) in [7, 11) is 0. The number of halogens is 1. The van der Waals surface area contributed by atoms with Gasteiger partial charge >= 0.3 is 0 Å². The molecule has 5 nitrogen and oxygen atoms in total. The fraction of sp³-hybridized carbons (Fsp3) is 0.381. The molecule has 4 rings (SSSR count). The lowest BCUT2D eigenvalue weighted by Crippen LogP contribution is -2.32. The summed E-state index contributed by atoms with van der Waals surface area (Å²) < 4.78 is 15.0.